The first-order valence-electron chi connectivity index (χ1n) is 13.5. The summed E-state index contributed by atoms with van der Waals surface area (Å²) in [6.07, 6.45) is 6.43. The quantitative estimate of drug-likeness (QED) is 0.502. The fourth-order valence-electron chi connectivity index (χ4n) is 6.94. The Hall–Kier alpha value is -2.57. The predicted octanol–water partition coefficient (Wildman–Crippen LogP) is 5.37. The van der Waals surface area contributed by atoms with Crippen molar-refractivity contribution in [2.45, 2.75) is 56.5 Å². The van der Waals surface area contributed by atoms with E-state index in [1.807, 2.05) is 18.2 Å². The van der Waals surface area contributed by atoms with Crippen LogP contribution in [0.3, 0.4) is 0 Å². The van der Waals surface area contributed by atoms with Gasteiger partial charge < -0.3 is 19.1 Å². The Morgan fingerprint density at radius 1 is 1.19 bits per heavy atom. The van der Waals surface area contributed by atoms with Crippen molar-refractivity contribution >= 4 is 29.0 Å². The topological polar surface area (TPSA) is 65.1 Å². The average molecular weight is 524 g/mol. The van der Waals surface area contributed by atoms with E-state index in [4.69, 9.17) is 25.8 Å². The lowest BCUT2D eigenvalue weighted by molar-refractivity contribution is -0.135. The molecule has 1 spiro atoms. The number of fused-ring (bicyclic) bond motifs is 3. The third kappa shape index (κ3) is 4.63. The Kier molecular flexibility index (Phi) is 6.66. The number of Topliss-reactive ketones (excluding diaryl/α,β-unsaturated/α-hetero) is 1. The molecule has 4 atom stereocenters. The molecular weight excluding hydrogens is 490 g/mol. The molecule has 6 nitrogen and oxygen atoms in total. The van der Waals surface area contributed by atoms with E-state index < -0.39 is 0 Å². The summed E-state index contributed by atoms with van der Waals surface area (Å²) in [4.78, 5) is 27.0. The maximum atomic E-state index is 12.4. The van der Waals surface area contributed by atoms with Crippen molar-refractivity contribution in [2.24, 2.45) is 11.8 Å². The van der Waals surface area contributed by atoms with Gasteiger partial charge in [-0.05, 0) is 85.4 Å². The standard InChI is InChI=1S/C30H34ClNO5/c1-35-29(34)20-5-9-27-26(14-20)32(16-21-4-7-24(21)28-15-23(33)10-12-36-28)17-30(18-37-27)11-2-3-19-13-22(31)6-8-25(19)30/h5-6,8-9,13-14,21,24,28H,2-4,7,10-12,15-18H2,1H3/t21-,24+,28+,30-/m0/s1. The molecule has 1 saturated carbocycles. The molecule has 6 rings (SSSR count). The number of anilines is 1. The van der Waals surface area contributed by atoms with Crippen LogP contribution in [0.25, 0.3) is 0 Å². The smallest absolute Gasteiger partial charge is 0.337 e. The zero-order chi connectivity index (χ0) is 25.6. The van der Waals surface area contributed by atoms with E-state index >= 15 is 0 Å². The highest BCUT2D eigenvalue weighted by Gasteiger charge is 2.45. The van der Waals surface area contributed by atoms with Gasteiger partial charge in [-0.3, -0.25) is 4.79 Å². The summed E-state index contributed by atoms with van der Waals surface area (Å²) in [5, 5.41) is 0.771. The molecule has 0 N–H and O–H groups in total. The molecule has 4 aliphatic rings. The van der Waals surface area contributed by atoms with E-state index in [1.165, 1.54) is 18.2 Å². The summed E-state index contributed by atoms with van der Waals surface area (Å²) >= 11 is 6.37. The number of esters is 1. The zero-order valence-corrected chi connectivity index (χ0v) is 22.1. The second-order valence-electron chi connectivity index (χ2n) is 11.2. The number of carbonyl (C=O) groups is 2. The number of rotatable bonds is 4. The van der Waals surface area contributed by atoms with Gasteiger partial charge in [-0.1, -0.05) is 17.7 Å². The van der Waals surface area contributed by atoms with E-state index in [1.54, 1.807) is 6.07 Å². The van der Waals surface area contributed by atoms with Crippen molar-refractivity contribution in [2.75, 3.05) is 38.3 Å². The Morgan fingerprint density at radius 3 is 2.86 bits per heavy atom. The number of aryl methyl sites for hydroxylation is 1. The zero-order valence-electron chi connectivity index (χ0n) is 21.3. The van der Waals surface area contributed by atoms with Gasteiger partial charge >= 0.3 is 5.97 Å². The first-order valence-corrected chi connectivity index (χ1v) is 13.9. The van der Waals surface area contributed by atoms with Crippen LogP contribution in [-0.4, -0.2) is 51.3 Å². The first kappa shape index (κ1) is 24.7. The monoisotopic (exact) mass is 523 g/mol. The highest BCUT2D eigenvalue weighted by Crippen LogP contribution is 2.47. The summed E-state index contributed by atoms with van der Waals surface area (Å²) in [5.41, 5.74) is 3.92. The third-order valence-electron chi connectivity index (χ3n) is 9.01. The number of hydrogen-bond acceptors (Lipinski definition) is 6. The number of hydrogen-bond donors (Lipinski definition) is 0. The van der Waals surface area contributed by atoms with Crippen molar-refractivity contribution in [1.82, 2.24) is 0 Å². The summed E-state index contributed by atoms with van der Waals surface area (Å²) < 4.78 is 17.6. The summed E-state index contributed by atoms with van der Waals surface area (Å²) in [7, 11) is 1.41. The summed E-state index contributed by atoms with van der Waals surface area (Å²) in [5.74, 6) is 1.57. The number of carbonyl (C=O) groups excluding carboxylic acids is 2. The van der Waals surface area contributed by atoms with Gasteiger partial charge in [0.05, 0.1) is 37.7 Å². The lowest BCUT2D eigenvalue weighted by Crippen LogP contribution is -2.50. The molecule has 0 unspecified atom stereocenters. The molecule has 0 radical (unpaired) electrons. The van der Waals surface area contributed by atoms with Gasteiger partial charge in [0.15, 0.2) is 0 Å². The molecular formula is C30H34ClNO5. The molecule has 0 aromatic heterocycles. The van der Waals surface area contributed by atoms with Gasteiger partial charge in [-0.15, -0.1) is 0 Å². The van der Waals surface area contributed by atoms with Gasteiger partial charge in [0.2, 0.25) is 0 Å². The Morgan fingerprint density at radius 2 is 2.08 bits per heavy atom. The van der Waals surface area contributed by atoms with Crippen molar-refractivity contribution in [1.29, 1.82) is 0 Å². The molecule has 2 fully saturated rings. The van der Waals surface area contributed by atoms with E-state index in [-0.39, 0.29) is 17.5 Å². The van der Waals surface area contributed by atoms with Crippen LogP contribution in [0.15, 0.2) is 36.4 Å². The van der Waals surface area contributed by atoms with Gasteiger partial charge in [0.1, 0.15) is 11.5 Å². The van der Waals surface area contributed by atoms with Crippen LogP contribution >= 0.6 is 11.6 Å². The lowest BCUT2D eigenvalue weighted by Gasteiger charge is -2.47. The molecule has 2 heterocycles. The first-order chi connectivity index (χ1) is 18.0. The number of halogens is 1. The van der Waals surface area contributed by atoms with Crippen LogP contribution < -0.4 is 9.64 Å². The highest BCUT2D eigenvalue weighted by atomic mass is 35.5. The molecule has 2 aliphatic heterocycles. The molecule has 2 aliphatic carbocycles. The van der Waals surface area contributed by atoms with E-state index in [9.17, 15) is 9.59 Å². The van der Waals surface area contributed by atoms with Crippen LogP contribution in [0.2, 0.25) is 5.02 Å². The van der Waals surface area contributed by atoms with Crippen LogP contribution in [0.5, 0.6) is 5.75 Å². The summed E-state index contributed by atoms with van der Waals surface area (Å²) in [6.45, 7) is 2.76. The second kappa shape index (κ2) is 9.95. The highest BCUT2D eigenvalue weighted by molar-refractivity contribution is 6.30. The average Bonchev–Trinajstić information content (AvgIpc) is 3.03. The van der Waals surface area contributed by atoms with Crippen molar-refractivity contribution in [3.05, 3.63) is 58.1 Å². The van der Waals surface area contributed by atoms with Crippen LogP contribution in [0.4, 0.5) is 5.69 Å². The van der Waals surface area contributed by atoms with Crippen LogP contribution in [-0.2, 0) is 26.1 Å². The normalized spacial score (nSPS) is 29.0. The van der Waals surface area contributed by atoms with Gasteiger partial charge in [0, 0.05) is 36.4 Å². The maximum Gasteiger partial charge on any atom is 0.337 e. The van der Waals surface area contributed by atoms with Crippen LogP contribution in [0, 0.1) is 11.8 Å². The molecule has 37 heavy (non-hydrogen) atoms. The third-order valence-corrected chi connectivity index (χ3v) is 9.24. The van der Waals surface area contributed by atoms with Gasteiger partial charge in [0.25, 0.3) is 0 Å². The number of methoxy groups -OCH3 is 1. The minimum Gasteiger partial charge on any atom is -0.490 e. The second-order valence-corrected chi connectivity index (χ2v) is 11.6. The number of benzene rings is 2. The Labute approximate surface area is 223 Å². The minimum atomic E-state index is -0.352. The van der Waals surface area contributed by atoms with E-state index in [2.05, 4.69) is 17.0 Å². The van der Waals surface area contributed by atoms with E-state index in [0.717, 1.165) is 61.7 Å². The molecule has 0 amide bonds. The molecule has 7 heteroatoms. The van der Waals surface area contributed by atoms with Gasteiger partial charge in [-0.2, -0.15) is 0 Å². The molecule has 196 valence electrons. The largest absolute Gasteiger partial charge is 0.490 e. The Bertz CT molecular complexity index is 1210. The molecule has 2 aromatic rings. The maximum absolute atomic E-state index is 12.4. The van der Waals surface area contributed by atoms with Crippen molar-refractivity contribution < 1.29 is 23.8 Å². The number of ether oxygens (including phenoxy) is 3. The molecule has 0 bridgehead atoms. The predicted molar refractivity (Wildman–Crippen MR) is 142 cm³/mol. The SMILES string of the molecule is COC(=O)c1ccc2c(c1)N(C[C@@H]1CC[C@H]1[C@H]1CC(=O)CCO1)C[C@@]1(CCCc3cc(Cl)ccc31)CO2. The number of ketones is 1. The van der Waals surface area contributed by atoms with Crippen LogP contribution in [0.1, 0.15) is 60.0 Å². The lowest BCUT2D eigenvalue weighted by atomic mass is 9.67. The minimum absolute atomic E-state index is 0.0237. The summed E-state index contributed by atoms with van der Waals surface area (Å²) in [6, 6.07) is 11.9. The molecule has 1 saturated heterocycles. The fourth-order valence-corrected chi connectivity index (χ4v) is 7.13. The molecule has 2 aromatic carbocycles. The Balaban J connectivity index is 1.35. The van der Waals surface area contributed by atoms with Crippen molar-refractivity contribution in [3.8, 4) is 5.75 Å². The van der Waals surface area contributed by atoms with Gasteiger partial charge in [-0.25, -0.2) is 4.79 Å². The number of nitrogens with zero attached hydrogens (tertiary/aromatic N) is 1. The van der Waals surface area contributed by atoms with Crippen molar-refractivity contribution in [3.63, 3.8) is 0 Å². The fraction of sp³-hybridized carbons (Fsp3) is 0.533. The van der Waals surface area contributed by atoms with E-state index in [0.29, 0.717) is 49.2 Å².